The highest BCUT2D eigenvalue weighted by Gasteiger charge is 2.13. The van der Waals surface area contributed by atoms with Crippen LogP contribution < -0.4 is 19.5 Å². The maximum Gasteiger partial charge on any atom is 0.238 e. The third kappa shape index (κ3) is 3.82. The number of para-hydroxylation sites is 1. The molecular formula is C15H19N3O3. The van der Waals surface area contributed by atoms with Crippen LogP contribution in [-0.2, 0) is 6.54 Å². The van der Waals surface area contributed by atoms with Crippen molar-refractivity contribution in [2.45, 2.75) is 13.5 Å². The predicted molar refractivity (Wildman–Crippen MR) is 79.0 cm³/mol. The van der Waals surface area contributed by atoms with Crippen LogP contribution in [0.4, 0.5) is 0 Å². The number of methoxy groups -OCH3 is 2. The summed E-state index contributed by atoms with van der Waals surface area (Å²) in [6, 6.07) is 5.43. The minimum Gasteiger partial charge on any atom is -0.493 e. The molecule has 1 aromatic heterocycles. The van der Waals surface area contributed by atoms with Crippen LogP contribution in [0.5, 0.6) is 23.1 Å². The zero-order chi connectivity index (χ0) is 15.1. The van der Waals surface area contributed by atoms with Crippen LogP contribution in [0.3, 0.4) is 0 Å². The molecule has 6 heteroatoms. The Hall–Kier alpha value is -2.34. The van der Waals surface area contributed by atoms with Crippen LogP contribution in [0.15, 0.2) is 30.6 Å². The number of nitrogens with one attached hydrogen (secondary N) is 1. The molecule has 0 atom stereocenters. The fourth-order valence-electron chi connectivity index (χ4n) is 1.80. The SMILES string of the molecule is CCNCc1cncc(Oc2c(OC)cccc2OC)n1. The van der Waals surface area contributed by atoms with E-state index in [9.17, 15) is 0 Å². The molecule has 1 aromatic carbocycles. The first kappa shape index (κ1) is 15.1. The Labute approximate surface area is 124 Å². The van der Waals surface area contributed by atoms with E-state index >= 15 is 0 Å². The molecule has 0 aliphatic rings. The van der Waals surface area contributed by atoms with E-state index < -0.39 is 0 Å². The summed E-state index contributed by atoms with van der Waals surface area (Å²) in [5, 5.41) is 3.19. The molecule has 0 spiro atoms. The number of nitrogens with zero attached hydrogens (tertiary/aromatic N) is 2. The summed E-state index contributed by atoms with van der Waals surface area (Å²) in [7, 11) is 3.16. The summed E-state index contributed by atoms with van der Waals surface area (Å²) in [6.45, 7) is 3.55. The molecule has 112 valence electrons. The van der Waals surface area contributed by atoms with E-state index in [1.807, 2.05) is 13.0 Å². The second kappa shape index (κ2) is 7.44. The van der Waals surface area contributed by atoms with E-state index in [0.29, 0.717) is 29.7 Å². The van der Waals surface area contributed by atoms with Gasteiger partial charge in [-0.3, -0.25) is 4.98 Å². The van der Waals surface area contributed by atoms with Crippen molar-refractivity contribution in [1.82, 2.24) is 15.3 Å². The standard InChI is InChI=1S/C15H19N3O3/c1-4-16-8-11-9-17-10-14(18-11)21-15-12(19-2)6-5-7-13(15)20-3/h5-7,9-10,16H,4,8H2,1-3H3. The molecule has 0 amide bonds. The van der Waals surface area contributed by atoms with Crippen molar-refractivity contribution >= 4 is 0 Å². The molecule has 0 aliphatic heterocycles. The first-order valence-electron chi connectivity index (χ1n) is 6.69. The van der Waals surface area contributed by atoms with Gasteiger partial charge >= 0.3 is 0 Å². The lowest BCUT2D eigenvalue weighted by Crippen LogP contribution is -2.13. The van der Waals surface area contributed by atoms with Crippen LogP contribution in [0.25, 0.3) is 0 Å². The molecule has 0 aliphatic carbocycles. The van der Waals surface area contributed by atoms with Crippen LogP contribution in [-0.4, -0.2) is 30.7 Å². The molecule has 0 bridgehead atoms. The molecule has 0 saturated carbocycles. The topological polar surface area (TPSA) is 65.5 Å². The lowest BCUT2D eigenvalue weighted by Gasteiger charge is -2.13. The van der Waals surface area contributed by atoms with Gasteiger partial charge in [0.1, 0.15) is 0 Å². The lowest BCUT2D eigenvalue weighted by molar-refractivity contribution is 0.341. The largest absolute Gasteiger partial charge is 0.493 e. The van der Waals surface area contributed by atoms with Gasteiger partial charge in [-0.1, -0.05) is 13.0 Å². The van der Waals surface area contributed by atoms with Crippen molar-refractivity contribution in [3.63, 3.8) is 0 Å². The summed E-state index contributed by atoms with van der Waals surface area (Å²) >= 11 is 0. The highest BCUT2D eigenvalue weighted by atomic mass is 16.5. The number of benzene rings is 1. The summed E-state index contributed by atoms with van der Waals surface area (Å²) < 4.78 is 16.4. The summed E-state index contributed by atoms with van der Waals surface area (Å²) in [5.41, 5.74) is 0.809. The normalized spacial score (nSPS) is 10.2. The fourth-order valence-corrected chi connectivity index (χ4v) is 1.80. The molecular weight excluding hydrogens is 270 g/mol. The second-order valence-corrected chi connectivity index (χ2v) is 4.22. The minimum atomic E-state index is 0.396. The van der Waals surface area contributed by atoms with E-state index in [1.165, 1.54) is 0 Å². The molecule has 2 rings (SSSR count). The van der Waals surface area contributed by atoms with E-state index in [0.717, 1.165) is 12.2 Å². The predicted octanol–water partition coefficient (Wildman–Crippen LogP) is 2.40. The van der Waals surface area contributed by atoms with Gasteiger partial charge in [0.15, 0.2) is 11.5 Å². The highest BCUT2D eigenvalue weighted by Crippen LogP contribution is 2.39. The zero-order valence-electron chi connectivity index (χ0n) is 12.4. The van der Waals surface area contributed by atoms with Crippen molar-refractivity contribution in [2.24, 2.45) is 0 Å². The molecule has 21 heavy (non-hydrogen) atoms. The van der Waals surface area contributed by atoms with Crippen molar-refractivity contribution in [2.75, 3.05) is 20.8 Å². The van der Waals surface area contributed by atoms with Crippen molar-refractivity contribution < 1.29 is 14.2 Å². The Morgan fingerprint density at radius 1 is 1.10 bits per heavy atom. The van der Waals surface area contributed by atoms with Gasteiger partial charge in [0.25, 0.3) is 0 Å². The van der Waals surface area contributed by atoms with Crippen LogP contribution in [0.1, 0.15) is 12.6 Å². The van der Waals surface area contributed by atoms with Crippen molar-refractivity contribution in [3.8, 4) is 23.1 Å². The molecule has 1 heterocycles. The number of aromatic nitrogens is 2. The Bertz CT molecular complexity index is 568. The quantitative estimate of drug-likeness (QED) is 0.844. The van der Waals surface area contributed by atoms with Gasteiger partial charge in [0.2, 0.25) is 11.6 Å². The van der Waals surface area contributed by atoms with Crippen LogP contribution in [0.2, 0.25) is 0 Å². The average Bonchev–Trinajstić information content (AvgIpc) is 2.53. The molecule has 1 N–H and O–H groups in total. The Kier molecular flexibility index (Phi) is 5.34. The maximum atomic E-state index is 5.79. The number of ether oxygens (including phenoxy) is 3. The Morgan fingerprint density at radius 3 is 2.43 bits per heavy atom. The number of hydrogen-bond donors (Lipinski definition) is 1. The van der Waals surface area contributed by atoms with E-state index in [1.54, 1.807) is 38.7 Å². The van der Waals surface area contributed by atoms with Gasteiger partial charge in [0, 0.05) is 12.7 Å². The van der Waals surface area contributed by atoms with Crippen LogP contribution in [0, 0.1) is 0 Å². The van der Waals surface area contributed by atoms with Gasteiger partial charge in [-0.15, -0.1) is 0 Å². The van der Waals surface area contributed by atoms with Gasteiger partial charge in [-0.05, 0) is 18.7 Å². The molecule has 0 radical (unpaired) electrons. The average molecular weight is 289 g/mol. The molecule has 6 nitrogen and oxygen atoms in total. The third-order valence-electron chi connectivity index (χ3n) is 2.81. The lowest BCUT2D eigenvalue weighted by atomic mass is 10.3. The zero-order valence-corrected chi connectivity index (χ0v) is 12.4. The summed E-state index contributed by atoms with van der Waals surface area (Å²) in [6.07, 6.45) is 3.26. The Balaban J connectivity index is 2.25. The second-order valence-electron chi connectivity index (χ2n) is 4.22. The molecule has 0 fully saturated rings. The van der Waals surface area contributed by atoms with Gasteiger partial charge in [-0.2, -0.15) is 0 Å². The Morgan fingerprint density at radius 2 is 1.81 bits per heavy atom. The first-order valence-corrected chi connectivity index (χ1v) is 6.69. The van der Waals surface area contributed by atoms with E-state index in [-0.39, 0.29) is 0 Å². The van der Waals surface area contributed by atoms with Gasteiger partial charge in [0.05, 0.1) is 26.1 Å². The van der Waals surface area contributed by atoms with Gasteiger partial charge in [-0.25, -0.2) is 4.98 Å². The number of hydrogen-bond acceptors (Lipinski definition) is 6. The monoisotopic (exact) mass is 289 g/mol. The fraction of sp³-hybridized carbons (Fsp3) is 0.333. The highest BCUT2D eigenvalue weighted by molar-refractivity contribution is 5.52. The smallest absolute Gasteiger partial charge is 0.238 e. The van der Waals surface area contributed by atoms with Gasteiger partial charge < -0.3 is 19.5 Å². The van der Waals surface area contributed by atoms with Crippen molar-refractivity contribution in [1.29, 1.82) is 0 Å². The summed E-state index contributed by atoms with van der Waals surface area (Å²) in [4.78, 5) is 8.53. The van der Waals surface area contributed by atoms with E-state index in [2.05, 4.69) is 15.3 Å². The molecule has 0 unspecified atom stereocenters. The minimum absolute atomic E-state index is 0.396. The number of rotatable bonds is 7. The molecule has 0 saturated heterocycles. The van der Waals surface area contributed by atoms with Crippen LogP contribution >= 0.6 is 0 Å². The summed E-state index contributed by atoms with van der Waals surface area (Å²) in [5.74, 6) is 2.03. The maximum absolute atomic E-state index is 5.79. The van der Waals surface area contributed by atoms with E-state index in [4.69, 9.17) is 14.2 Å². The van der Waals surface area contributed by atoms with Crippen molar-refractivity contribution in [3.05, 3.63) is 36.3 Å². The first-order chi connectivity index (χ1) is 10.3. The third-order valence-corrected chi connectivity index (χ3v) is 2.81. The molecule has 2 aromatic rings.